The van der Waals surface area contributed by atoms with Gasteiger partial charge in [-0.1, -0.05) is 18.2 Å². The van der Waals surface area contributed by atoms with Crippen molar-refractivity contribution in [2.75, 3.05) is 20.3 Å². The number of rotatable bonds is 7. The molecule has 0 radical (unpaired) electrons. The van der Waals surface area contributed by atoms with Crippen LogP contribution in [0.5, 0.6) is 0 Å². The number of hydrogen-bond donors (Lipinski definition) is 0. The van der Waals surface area contributed by atoms with Crippen LogP contribution in [-0.4, -0.2) is 38.0 Å². The summed E-state index contributed by atoms with van der Waals surface area (Å²) in [6, 6.07) is 11.1. The first-order valence-corrected chi connectivity index (χ1v) is 10.2. The number of nitrogens with zero attached hydrogens (tertiary/aromatic N) is 2. The van der Waals surface area contributed by atoms with Gasteiger partial charge in [-0.3, -0.25) is 4.98 Å². The molecule has 0 unspecified atom stereocenters. The van der Waals surface area contributed by atoms with Crippen molar-refractivity contribution in [2.24, 2.45) is 0 Å². The van der Waals surface area contributed by atoms with Gasteiger partial charge in [0.1, 0.15) is 4.90 Å². The average molecular weight is 377 g/mol. The van der Waals surface area contributed by atoms with E-state index >= 15 is 0 Å². The van der Waals surface area contributed by atoms with Crippen molar-refractivity contribution in [1.29, 1.82) is 0 Å². The maximum atomic E-state index is 13.3. The van der Waals surface area contributed by atoms with Crippen LogP contribution in [0, 0.1) is 6.92 Å². The minimum Gasteiger partial charge on any atom is -0.383 e. The van der Waals surface area contributed by atoms with Gasteiger partial charge in [0.2, 0.25) is 10.0 Å². The molecule has 0 saturated carbocycles. The van der Waals surface area contributed by atoms with Crippen LogP contribution in [0.15, 0.2) is 52.9 Å². The molecule has 1 aromatic carbocycles. The van der Waals surface area contributed by atoms with Gasteiger partial charge in [0.05, 0.1) is 12.1 Å². The Morgan fingerprint density at radius 2 is 2.08 bits per heavy atom. The van der Waals surface area contributed by atoms with E-state index in [1.807, 2.05) is 36.6 Å². The molecule has 0 aliphatic heterocycles. The molecule has 0 N–H and O–H groups in total. The summed E-state index contributed by atoms with van der Waals surface area (Å²) in [5, 5.41) is 2.77. The van der Waals surface area contributed by atoms with Crippen LogP contribution in [0.2, 0.25) is 0 Å². The van der Waals surface area contributed by atoms with E-state index in [0.29, 0.717) is 25.2 Å². The zero-order valence-electron chi connectivity index (χ0n) is 14.2. The van der Waals surface area contributed by atoms with E-state index in [1.54, 1.807) is 25.4 Å². The lowest BCUT2D eigenvalue weighted by atomic mass is 10.2. The van der Waals surface area contributed by atoms with Crippen molar-refractivity contribution >= 4 is 32.3 Å². The third-order valence-electron chi connectivity index (χ3n) is 3.89. The van der Waals surface area contributed by atoms with E-state index in [2.05, 4.69) is 4.98 Å². The first-order chi connectivity index (χ1) is 12.0. The second kappa shape index (κ2) is 7.61. The standard InChI is InChI=1S/C18H20N2O3S2/c1-14-11-15-5-3-7-17(18(15)19-12-14)25(21,22)20(8-9-23-2)13-16-6-4-10-24-16/h3-7,10-12H,8-9,13H2,1-2H3. The van der Waals surface area contributed by atoms with Gasteiger partial charge in [-0.05, 0) is 36.1 Å². The number of ether oxygens (including phenoxy) is 1. The predicted octanol–water partition coefficient (Wildman–Crippen LogP) is 3.44. The molecule has 5 nitrogen and oxygen atoms in total. The Hall–Kier alpha value is -1.80. The van der Waals surface area contributed by atoms with Gasteiger partial charge in [0, 0.05) is 36.7 Å². The number of fused-ring (bicyclic) bond motifs is 1. The first-order valence-electron chi connectivity index (χ1n) is 7.89. The Morgan fingerprint density at radius 3 is 2.80 bits per heavy atom. The zero-order chi connectivity index (χ0) is 17.9. The van der Waals surface area contributed by atoms with Gasteiger partial charge in [-0.2, -0.15) is 4.31 Å². The van der Waals surface area contributed by atoms with E-state index in [-0.39, 0.29) is 4.90 Å². The average Bonchev–Trinajstić information content (AvgIpc) is 3.10. The van der Waals surface area contributed by atoms with Gasteiger partial charge in [0.25, 0.3) is 0 Å². The van der Waals surface area contributed by atoms with E-state index in [9.17, 15) is 8.42 Å². The van der Waals surface area contributed by atoms with Crippen molar-refractivity contribution in [2.45, 2.75) is 18.4 Å². The molecule has 7 heteroatoms. The van der Waals surface area contributed by atoms with Gasteiger partial charge in [-0.15, -0.1) is 11.3 Å². The highest BCUT2D eigenvalue weighted by Gasteiger charge is 2.27. The second-order valence-electron chi connectivity index (χ2n) is 5.75. The molecule has 3 rings (SSSR count). The summed E-state index contributed by atoms with van der Waals surface area (Å²) < 4.78 is 33.2. The molecule has 2 aromatic heterocycles. The number of sulfonamides is 1. The molecular weight excluding hydrogens is 356 g/mol. The van der Waals surface area contributed by atoms with Crippen molar-refractivity contribution in [3.8, 4) is 0 Å². The molecule has 3 aromatic rings. The monoisotopic (exact) mass is 376 g/mol. The van der Waals surface area contributed by atoms with Crippen LogP contribution in [0.25, 0.3) is 10.9 Å². The topological polar surface area (TPSA) is 59.5 Å². The molecule has 0 amide bonds. The molecule has 0 saturated heterocycles. The minimum atomic E-state index is -3.69. The number of aromatic nitrogens is 1. The molecule has 0 spiro atoms. The van der Waals surface area contributed by atoms with E-state index in [4.69, 9.17) is 4.74 Å². The molecule has 0 fully saturated rings. The van der Waals surface area contributed by atoms with E-state index in [1.165, 1.54) is 15.6 Å². The summed E-state index contributed by atoms with van der Waals surface area (Å²) >= 11 is 1.54. The quantitative estimate of drug-likeness (QED) is 0.634. The molecule has 25 heavy (non-hydrogen) atoms. The molecule has 0 bridgehead atoms. The van der Waals surface area contributed by atoms with Crippen LogP contribution < -0.4 is 0 Å². The van der Waals surface area contributed by atoms with Crippen molar-refractivity contribution < 1.29 is 13.2 Å². The number of pyridine rings is 1. The number of para-hydroxylation sites is 1. The predicted molar refractivity (Wildman–Crippen MR) is 100 cm³/mol. The number of thiophene rings is 1. The fraction of sp³-hybridized carbons (Fsp3) is 0.278. The fourth-order valence-electron chi connectivity index (χ4n) is 2.64. The smallest absolute Gasteiger partial charge is 0.245 e. The largest absolute Gasteiger partial charge is 0.383 e. The molecule has 2 heterocycles. The summed E-state index contributed by atoms with van der Waals surface area (Å²) in [5.41, 5.74) is 1.50. The van der Waals surface area contributed by atoms with Gasteiger partial charge in [-0.25, -0.2) is 8.42 Å². The van der Waals surface area contributed by atoms with Gasteiger partial charge < -0.3 is 4.74 Å². The fourth-order valence-corrected chi connectivity index (χ4v) is 5.01. The third-order valence-corrected chi connectivity index (χ3v) is 6.62. The molecule has 0 atom stereocenters. The first kappa shape index (κ1) is 18.0. The van der Waals surface area contributed by atoms with Crippen molar-refractivity contribution in [3.63, 3.8) is 0 Å². The van der Waals surface area contributed by atoms with Crippen LogP contribution in [0.3, 0.4) is 0 Å². The normalized spacial score (nSPS) is 12.1. The van der Waals surface area contributed by atoms with E-state index < -0.39 is 10.0 Å². The number of aryl methyl sites for hydroxylation is 1. The molecule has 0 aliphatic rings. The summed E-state index contributed by atoms with van der Waals surface area (Å²) in [7, 11) is -2.12. The molecule has 132 valence electrons. The van der Waals surface area contributed by atoms with Gasteiger partial charge >= 0.3 is 0 Å². The summed E-state index contributed by atoms with van der Waals surface area (Å²) in [6.45, 7) is 2.89. The zero-order valence-corrected chi connectivity index (χ0v) is 15.8. The Kier molecular flexibility index (Phi) is 5.48. The maximum Gasteiger partial charge on any atom is 0.245 e. The maximum absolute atomic E-state index is 13.3. The van der Waals surface area contributed by atoms with Crippen LogP contribution in [0.4, 0.5) is 0 Å². The van der Waals surface area contributed by atoms with Crippen molar-refractivity contribution in [1.82, 2.24) is 9.29 Å². The minimum absolute atomic E-state index is 0.234. The highest BCUT2D eigenvalue weighted by molar-refractivity contribution is 7.89. The third kappa shape index (κ3) is 3.90. The highest BCUT2D eigenvalue weighted by atomic mass is 32.2. The lowest BCUT2D eigenvalue weighted by Crippen LogP contribution is -2.33. The Bertz CT molecular complexity index is 954. The number of benzene rings is 1. The SMILES string of the molecule is COCCN(Cc1cccs1)S(=O)(=O)c1cccc2cc(C)cnc12. The van der Waals surface area contributed by atoms with Crippen molar-refractivity contribution in [3.05, 3.63) is 58.4 Å². The van der Waals surface area contributed by atoms with Crippen LogP contribution in [-0.2, 0) is 21.3 Å². The number of methoxy groups -OCH3 is 1. The number of hydrogen-bond acceptors (Lipinski definition) is 5. The Morgan fingerprint density at radius 1 is 1.24 bits per heavy atom. The van der Waals surface area contributed by atoms with Crippen LogP contribution >= 0.6 is 11.3 Å². The highest BCUT2D eigenvalue weighted by Crippen LogP contribution is 2.26. The van der Waals surface area contributed by atoms with Crippen LogP contribution in [0.1, 0.15) is 10.4 Å². The molecular formula is C18H20N2O3S2. The lowest BCUT2D eigenvalue weighted by Gasteiger charge is -2.22. The molecule has 0 aliphatic carbocycles. The Labute approximate surface area is 151 Å². The summed E-state index contributed by atoms with van der Waals surface area (Å²) in [4.78, 5) is 5.60. The second-order valence-corrected chi connectivity index (χ2v) is 8.69. The summed E-state index contributed by atoms with van der Waals surface area (Å²) in [6.07, 6.45) is 1.69. The summed E-state index contributed by atoms with van der Waals surface area (Å²) in [5.74, 6) is 0. The lowest BCUT2D eigenvalue weighted by molar-refractivity contribution is 0.177. The van der Waals surface area contributed by atoms with Gasteiger partial charge in [0.15, 0.2) is 0 Å². The Balaban J connectivity index is 2.05. The van der Waals surface area contributed by atoms with E-state index in [0.717, 1.165) is 15.8 Å².